The molecule has 12 heavy (non-hydrogen) atoms. The normalized spacial score (nSPS) is 15.9. The van der Waals surface area contributed by atoms with Gasteiger partial charge in [0.2, 0.25) is 0 Å². The molecule has 0 unspecified atom stereocenters. The van der Waals surface area contributed by atoms with Gasteiger partial charge in [0.25, 0.3) is 0 Å². The Bertz CT molecular complexity index is 307. The fourth-order valence-electron chi connectivity index (χ4n) is 1.33. The summed E-state index contributed by atoms with van der Waals surface area (Å²) in [6.07, 6.45) is 4.11. The van der Waals surface area contributed by atoms with Crippen molar-refractivity contribution in [1.82, 2.24) is 4.98 Å². The van der Waals surface area contributed by atoms with Crippen LogP contribution in [0.5, 0.6) is 0 Å². The van der Waals surface area contributed by atoms with Gasteiger partial charge in [0.15, 0.2) is 0 Å². The van der Waals surface area contributed by atoms with E-state index in [4.69, 9.17) is 5.26 Å². The molecule has 0 aliphatic heterocycles. The summed E-state index contributed by atoms with van der Waals surface area (Å²) in [6.45, 7) is 0. The van der Waals surface area contributed by atoms with E-state index < -0.39 is 0 Å². The standard InChI is InChI=1S/C9H10N2S/c10-5-1-2-8-9(7-3-4-7)11-6-12-8/h6-7H,1-4H2. The van der Waals surface area contributed by atoms with Crippen LogP contribution in [-0.4, -0.2) is 4.98 Å². The van der Waals surface area contributed by atoms with Crippen LogP contribution >= 0.6 is 11.3 Å². The van der Waals surface area contributed by atoms with Gasteiger partial charge in [-0.1, -0.05) is 0 Å². The molecule has 0 saturated heterocycles. The zero-order valence-corrected chi connectivity index (χ0v) is 7.60. The van der Waals surface area contributed by atoms with E-state index in [1.807, 2.05) is 5.51 Å². The zero-order chi connectivity index (χ0) is 8.39. The predicted octanol–water partition coefficient (Wildman–Crippen LogP) is 2.48. The summed E-state index contributed by atoms with van der Waals surface area (Å²) in [7, 11) is 0. The summed E-state index contributed by atoms with van der Waals surface area (Å²) in [5, 5.41) is 8.44. The lowest BCUT2D eigenvalue weighted by molar-refractivity contribution is 0.957. The minimum absolute atomic E-state index is 0.627. The number of thiazole rings is 1. The Hall–Kier alpha value is -0.880. The molecule has 0 N–H and O–H groups in total. The monoisotopic (exact) mass is 178 g/mol. The largest absolute Gasteiger partial charge is 0.249 e. The topological polar surface area (TPSA) is 36.7 Å². The number of aromatic nitrogens is 1. The maximum absolute atomic E-state index is 8.44. The van der Waals surface area contributed by atoms with Crippen LogP contribution < -0.4 is 0 Å². The van der Waals surface area contributed by atoms with Gasteiger partial charge >= 0.3 is 0 Å². The molecule has 0 spiro atoms. The molecule has 0 amide bonds. The number of rotatable bonds is 3. The van der Waals surface area contributed by atoms with Gasteiger partial charge in [-0.3, -0.25) is 0 Å². The van der Waals surface area contributed by atoms with Crippen LogP contribution in [0, 0.1) is 11.3 Å². The van der Waals surface area contributed by atoms with E-state index in [0.717, 1.165) is 12.3 Å². The highest BCUT2D eigenvalue weighted by atomic mass is 32.1. The molecule has 1 fully saturated rings. The number of nitriles is 1. The lowest BCUT2D eigenvalue weighted by Gasteiger charge is -1.95. The summed E-state index contributed by atoms with van der Waals surface area (Å²) in [5.41, 5.74) is 3.18. The Morgan fingerprint density at radius 1 is 1.67 bits per heavy atom. The van der Waals surface area contributed by atoms with Crippen LogP contribution in [0.25, 0.3) is 0 Å². The van der Waals surface area contributed by atoms with Gasteiger partial charge < -0.3 is 0 Å². The molecule has 2 rings (SSSR count). The van der Waals surface area contributed by atoms with Crippen molar-refractivity contribution >= 4 is 11.3 Å². The summed E-state index contributed by atoms with van der Waals surface area (Å²) in [6, 6.07) is 2.17. The second-order valence-corrected chi connectivity index (χ2v) is 4.03. The van der Waals surface area contributed by atoms with Crippen LogP contribution in [0.15, 0.2) is 5.51 Å². The van der Waals surface area contributed by atoms with Crippen molar-refractivity contribution in [2.45, 2.75) is 31.6 Å². The summed E-state index contributed by atoms with van der Waals surface area (Å²) < 4.78 is 0. The second kappa shape index (κ2) is 3.24. The molecule has 1 aromatic rings. The number of nitrogens with zero attached hydrogens (tertiary/aromatic N) is 2. The number of aryl methyl sites for hydroxylation is 1. The first-order valence-electron chi connectivity index (χ1n) is 4.21. The number of hydrogen-bond donors (Lipinski definition) is 0. The summed E-state index contributed by atoms with van der Waals surface area (Å²) in [5.74, 6) is 0.727. The molecular formula is C9H10N2S. The van der Waals surface area contributed by atoms with Crippen molar-refractivity contribution in [2.75, 3.05) is 0 Å². The van der Waals surface area contributed by atoms with Gasteiger partial charge in [-0.05, 0) is 19.3 Å². The average Bonchev–Trinajstić information content (AvgIpc) is 2.83. The van der Waals surface area contributed by atoms with Crippen LogP contribution in [-0.2, 0) is 6.42 Å². The molecule has 1 aromatic heterocycles. The van der Waals surface area contributed by atoms with Crippen LogP contribution in [0.3, 0.4) is 0 Å². The van der Waals surface area contributed by atoms with Gasteiger partial charge in [0.1, 0.15) is 0 Å². The molecule has 1 saturated carbocycles. The van der Waals surface area contributed by atoms with Crippen LogP contribution in [0.1, 0.15) is 35.8 Å². The SMILES string of the molecule is N#CCCc1scnc1C1CC1. The van der Waals surface area contributed by atoms with Crippen molar-refractivity contribution in [1.29, 1.82) is 5.26 Å². The van der Waals surface area contributed by atoms with E-state index in [2.05, 4.69) is 11.1 Å². The highest BCUT2D eigenvalue weighted by Gasteiger charge is 2.27. The second-order valence-electron chi connectivity index (χ2n) is 3.09. The zero-order valence-electron chi connectivity index (χ0n) is 6.79. The Morgan fingerprint density at radius 3 is 3.17 bits per heavy atom. The molecule has 0 radical (unpaired) electrons. The quantitative estimate of drug-likeness (QED) is 0.713. The lowest BCUT2D eigenvalue weighted by atomic mass is 10.2. The fourth-order valence-corrected chi connectivity index (χ4v) is 2.18. The highest BCUT2D eigenvalue weighted by Crippen LogP contribution is 2.41. The van der Waals surface area contributed by atoms with Gasteiger partial charge in [0, 0.05) is 17.2 Å². The molecule has 1 aliphatic carbocycles. The average molecular weight is 178 g/mol. The minimum Gasteiger partial charge on any atom is -0.249 e. The number of hydrogen-bond acceptors (Lipinski definition) is 3. The van der Waals surface area contributed by atoms with E-state index in [0.29, 0.717) is 6.42 Å². The van der Waals surface area contributed by atoms with Crippen molar-refractivity contribution in [2.24, 2.45) is 0 Å². The Kier molecular flexibility index (Phi) is 2.09. The molecule has 0 aromatic carbocycles. The molecule has 3 heteroatoms. The van der Waals surface area contributed by atoms with Crippen molar-refractivity contribution < 1.29 is 0 Å². The molecule has 0 bridgehead atoms. The van der Waals surface area contributed by atoms with Gasteiger partial charge in [-0.2, -0.15) is 5.26 Å². The summed E-state index contributed by atoms with van der Waals surface area (Å²) >= 11 is 1.70. The Morgan fingerprint density at radius 2 is 2.50 bits per heavy atom. The van der Waals surface area contributed by atoms with Gasteiger partial charge in [-0.15, -0.1) is 11.3 Å². The van der Waals surface area contributed by atoms with Crippen LogP contribution in [0.2, 0.25) is 0 Å². The van der Waals surface area contributed by atoms with Crippen molar-refractivity contribution in [3.63, 3.8) is 0 Å². The van der Waals surface area contributed by atoms with E-state index in [1.54, 1.807) is 11.3 Å². The molecule has 1 heterocycles. The minimum atomic E-state index is 0.627. The van der Waals surface area contributed by atoms with E-state index in [1.165, 1.54) is 23.4 Å². The van der Waals surface area contributed by atoms with E-state index in [9.17, 15) is 0 Å². The van der Waals surface area contributed by atoms with Crippen LogP contribution in [0.4, 0.5) is 0 Å². The third-order valence-electron chi connectivity index (χ3n) is 2.10. The molecule has 1 aliphatic rings. The third-order valence-corrected chi connectivity index (χ3v) is 3.01. The maximum Gasteiger partial charge on any atom is 0.0797 e. The fraction of sp³-hybridized carbons (Fsp3) is 0.556. The first kappa shape index (κ1) is 7.75. The maximum atomic E-state index is 8.44. The first-order valence-corrected chi connectivity index (χ1v) is 5.09. The molecule has 0 atom stereocenters. The van der Waals surface area contributed by atoms with Crippen molar-refractivity contribution in [3.8, 4) is 6.07 Å². The van der Waals surface area contributed by atoms with E-state index in [-0.39, 0.29) is 0 Å². The van der Waals surface area contributed by atoms with Crippen molar-refractivity contribution in [3.05, 3.63) is 16.1 Å². The van der Waals surface area contributed by atoms with E-state index >= 15 is 0 Å². The lowest BCUT2D eigenvalue weighted by Crippen LogP contribution is -1.87. The summed E-state index contributed by atoms with van der Waals surface area (Å²) in [4.78, 5) is 5.67. The highest BCUT2D eigenvalue weighted by molar-refractivity contribution is 7.09. The molecule has 2 nitrogen and oxygen atoms in total. The molecular weight excluding hydrogens is 168 g/mol. The van der Waals surface area contributed by atoms with Gasteiger partial charge in [0.05, 0.1) is 17.3 Å². The van der Waals surface area contributed by atoms with Gasteiger partial charge in [-0.25, -0.2) is 4.98 Å². The first-order chi connectivity index (χ1) is 5.92. The predicted molar refractivity (Wildman–Crippen MR) is 48.0 cm³/mol. The smallest absolute Gasteiger partial charge is 0.0797 e. The Labute approximate surface area is 75.9 Å². The third kappa shape index (κ3) is 1.49. The Balaban J connectivity index is 2.09. The molecule has 62 valence electrons.